The maximum atomic E-state index is 13.0. The molecule has 0 unspecified atom stereocenters. The van der Waals surface area contributed by atoms with Gasteiger partial charge in [-0.25, -0.2) is 4.79 Å². The zero-order chi connectivity index (χ0) is 19.1. The number of amides is 1. The average Bonchev–Trinajstić information content (AvgIpc) is 2.67. The van der Waals surface area contributed by atoms with Crippen LogP contribution in [0.25, 0.3) is 0 Å². The van der Waals surface area contributed by atoms with Crippen LogP contribution in [-0.2, 0) is 4.74 Å². The summed E-state index contributed by atoms with van der Waals surface area (Å²) in [6.07, 6.45) is 1.67. The smallest absolute Gasteiger partial charge is 0.338 e. The number of non-ortho nitro benzene ring substituents is 1. The van der Waals surface area contributed by atoms with Gasteiger partial charge in [0, 0.05) is 29.9 Å². The van der Waals surface area contributed by atoms with Crippen LogP contribution in [0.2, 0.25) is 0 Å². The van der Waals surface area contributed by atoms with Gasteiger partial charge in [-0.1, -0.05) is 31.5 Å². The summed E-state index contributed by atoms with van der Waals surface area (Å²) in [7, 11) is 1.18. The number of rotatable bonds is 7. The summed E-state index contributed by atoms with van der Waals surface area (Å²) < 4.78 is 4.63. The molecule has 0 radical (unpaired) electrons. The minimum absolute atomic E-state index is 0.0337. The highest BCUT2D eigenvalue weighted by atomic mass is 16.6. The molecule has 2 aromatic carbocycles. The van der Waals surface area contributed by atoms with E-state index in [0.29, 0.717) is 12.2 Å². The second-order valence-electron chi connectivity index (χ2n) is 5.66. The number of nitro benzene ring substituents is 1. The van der Waals surface area contributed by atoms with Crippen molar-refractivity contribution in [3.05, 3.63) is 69.8 Å². The first-order valence-electron chi connectivity index (χ1n) is 8.22. The van der Waals surface area contributed by atoms with Crippen molar-refractivity contribution < 1.29 is 19.2 Å². The topological polar surface area (TPSA) is 89.8 Å². The number of hydrogen-bond acceptors (Lipinski definition) is 5. The molecule has 0 atom stereocenters. The van der Waals surface area contributed by atoms with Gasteiger partial charge in [-0.2, -0.15) is 0 Å². The van der Waals surface area contributed by atoms with Gasteiger partial charge in [0.15, 0.2) is 0 Å². The van der Waals surface area contributed by atoms with Crippen LogP contribution >= 0.6 is 0 Å². The molecule has 1 amide bonds. The van der Waals surface area contributed by atoms with Gasteiger partial charge < -0.3 is 9.64 Å². The standard InChI is InChI=1S/C19H20N2O5/c1-3-4-10-20(16-8-6-5-7-9-16)18(22)14-11-15(19(23)26-2)13-17(12-14)21(24)25/h5-9,11-13H,3-4,10H2,1-2H3. The summed E-state index contributed by atoms with van der Waals surface area (Å²) in [6, 6.07) is 12.7. The zero-order valence-corrected chi connectivity index (χ0v) is 14.7. The Morgan fingerprint density at radius 1 is 1.12 bits per heavy atom. The fourth-order valence-electron chi connectivity index (χ4n) is 2.50. The number of carbonyl (C=O) groups is 2. The number of methoxy groups -OCH3 is 1. The number of unbranched alkanes of at least 4 members (excludes halogenated alkanes) is 1. The fourth-order valence-corrected chi connectivity index (χ4v) is 2.50. The molecule has 0 spiro atoms. The van der Waals surface area contributed by atoms with Crippen molar-refractivity contribution in [1.29, 1.82) is 0 Å². The van der Waals surface area contributed by atoms with E-state index in [0.717, 1.165) is 18.9 Å². The second-order valence-corrected chi connectivity index (χ2v) is 5.66. The summed E-state index contributed by atoms with van der Waals surface area (Å²) in [5.41, 5.74) is 0.393. The van der Waals surface area contributed by atoms with Crippen LogP contribution in [0.15, 0.2) is 48.5 Å². The normalized spacial score (nSPS) is 10.2. The van der Waals surface area contributed by atoms with Crippen LogP contribution in [0.1, 0.15) is 40.5 Å². The minimum atomic E-state index is -0.734. The molecule has 2 rings (SSSR count). The van der Waals surface area contributed by atoms with Gasteiger partial charge in [0.05, 0.1) is 17.6 Å². The molecule has 0 fully saturated rings. The molecule has 0 saturated carbocycles. The lowest BCUT2D eigenvalue weighted by Gasteiger charge is -2.23. The van der Waals surface area contributed by atoms with E-state index < -0.39 is 16.8 Å². The van der Waals surface area contributed by atoms with Crippen molar-refractivity contribution in [1.82, 2.24) is 0 Å². The number of ether oxygens (including phenoxy) is 1. The first kappa shape index (κ1) is 19.1. The molecular formula is C19H20N2O5. The first-order chi connectivity index (χ1) is 12.5. The fraction of sp³-hybridized carbons (Fsp3) is 0.263. The molecule has 0 heterocycles. The highest BCUT2D eigenvalue weighted by molar-refractivity contribution is 6.07. The van der Waals surface area contributed by atoms with E-state index in [1.807, 2.05) is 25.1 Å². The summed E-state index contributed by atoms with van der Waals surface area (Å²) >= 11 is 0. The lowest BCUT2D eigenvalue weighted by molar-refractivity contribution is -0.384. The van der Waals surface area contributed by atoms with Crippen molar-refractivity contribution in [2.75, 3.05) is 18.6 Å². The maximum Gasteiger partial charge on any atom is 0.338 e. The Balaban J connectivity index is 2.48. The molecule has 0 saturated heterocycles. The van der Waals surface area contributed by atoms with E-state index in [1.54, 1.807) is 17.0 Å². The number of benzene rings is 2. The Labute approximate surface area is 151 Å². The molecule has 0 N–H and O–H groups in total. The van der Waals surface area contributed by atoms with Gasteiger partial charge in [-0.05, 0) is 24.6 Å². The summed E-state index contributed by atoms with van der Waals surface area (Å²) in [5, 5.41) is 11.2. The molecule has 2 aromatic rings. The second kappa shape index (κ2) is 8.75. The van der Waals surface area contributed by atoms with Gasteiger partial charge in [0.25, 0.3) is 11.6 Å². The van der Waals surface area contributed by atoms with Gasteiger partial charge in [0.1, 0.15) is 0 Å². The Morgan fingerprint density at radius 2 is 1.77 bits per heavy atom. The minimum Gasteiger partial charge on any atom is -0.465 e. The van der Waals surface area contributed by atoms with Crippen molar-refractivity contribution in [3.63, 3.8) is 0 Å². The first-order valence-corrected chi connectivity index (χ1v) is 8.22. The summed E-state index contributed by atoms with van der Waals surface area (Å²) in [6.45, 7) is 2.48. The lowest BCUT2D eigenvalue weighted by Crippen LogP contribution is -2.32. The molecule has 0 bridgehead atoms. The van der Waals surface area contributed by atoms with Crippen LogP contribution < -0.4 is 4.90 Å². The molecule has 136 valence electrons. The van der Waals surface area contributed by atoms with E-state index in [4.69, 9.17) is 0 Å². The predicted molar refractivity (Wildman–Crippen MR) is 97.5 cm³/mol. The summed E-state index contributed by atoms with van der Waals surface area (Å²) in [5.74, 6) is -1.14. The SMILES string of the molecule is CCCCN(C(=O)c1cc(C(=O)OC)cc([N+](=O)[O-])c1)c1ccccc1. The molecule has 0 aromatic heterocycles. The highest BCUT2D eigenvalue weighted by Crippen LogP contribution is 2.23. The number of nitrogens with zero attached hydrogens (tertiary/aromatic N) is 2. The van der Waals surface area contributed by atoms with E-state index in [1.165, 1.54) is 19.2 Å². The monoisotopic (exact) mass is 356 g/mol. The van der Waals surface area contributed by atoms with Crippen LogP contribution in [0.3, 0.4) is 0 Å². The van der Waals surface area contributed by atoms with Crippen LogP contribution in [0.4, 0.5) is 11.4 Å². The molecule has 26 heavy (non-hydrogen) atoms. The number of hydrogen-bond donors (Lipinski definition) is 0. The summed E-state index contributed by atoms with van der Waals surface area (Å²) in [4.78, 5) is 36.9. The Hall–Kier alpha value is -3.22. The predicted octanol–water partition coefficient (Wildman–Crippen LogP) is 3.83. The number of esters is 1. The zero-order valence-electron chi connectivity index (χ0n) is 14.7. The quantitative estimate of drug-likeness (QED) is 0.427. The highest BCUT2D eigenvalue weighted by Gasteiger charge is 2.22. The van der Waals surface area contributed by atoms with Crippen molar-refractivity contribution in [3.8, 4) is 0 Å². The van der Waals surface area contributed by atoms with Crippen LogP contribution in [-0.4, -0.2) is 30.5 Å². The Morgan fingerprint density at radius 3 is 2.35 bits per heavy atom. The molecule has 0 aliphatic rings. The average molecular weight is 356 g/mol. The van der Waals surface area contributed by atoms with E-state index in [-0.39, 0.29) is 16.8 Å². The van der Waals surface area contributed by atoms with Gasteiger partial charge in [-0.3, -0.25) is 14.9 Å². The lowest BCUT2D eigenvalue weighted by atomic mass is 10.1. The van der Waals surface area contributed by atoms with Crippen molar-refractivity contribution in [2.45, 2.75) is 19.8 Å². The molecule has 0 aliphatic heterocycles. The number of nitro groups is 1. The Kier molecular flexibility index (Phi) is 6.43. The Bertz CT molecular complexity index is 805. The van der Waals surface area contributed by atoms with E-state index >= 15 is 0 Å². The van der Waals surface area contributed by atoms with Crippen molar-refractivity contribution in [2.24, 2.45) is 0 Å². The third-order valence-corrected chi connectivity index (χ3v) is 3.84. The third-order valence-electron chi connectivity index (χ3n) is 3.84. The number of anilines is 1. The van der Waals surface area contributed by atoms with Gasteiger partial charge in [0.2, 0.25) is 0 Å². The molecule has 7 heteroatoms. The maximum absolute atomic E-state index is 13.0. The van der Waals surface area contributed by atoms with Crippen LogP contribution in [0.5, 0.6) is 0 Å². The van der Waals surface area contributed by atoms with E-state index in [9.17, 15) is 19.7 Å². The van der Waals surface area contributed by atoms with E-state index in [2.05, 4.69) is 4.74 Å². The van der Waals surface area contributed by atoms with Crippen LogP contribution in [0, 0.1) is 10.1 Å². The third kappa shape index (κ3) is 4.44. The van der Waals surface area contributed by atoms with Gasteiger partial charge >= 0.3 is 5.97 Å². The molecule has 0 aliphatic carbocycles. The van der Waals surface area contributed by atoms with Gasteiger partial charge in [-0.15, -0.1) is 0 Å². The van der Waals surface area contributed by atoms with Crippen molar-refractivity contribution >= 4 is 23.3 Å². The molecular weight excluding hydrogens is 336 g/mol. The number of carbonyl (C=O) groups excluding carboxylic acids is 2. The number of para-hydroxylation sites is 1. The molecule has 7 nitrogen and oxygen atoms in total. The largest absolute Gasteiger partial charge is 0.465 e.